The smallest absolute Gasteiger partial charge is 0.326 e. The third-order valence-electron chi connectivity index (χ3n) is 4.55. The Hall–Kier alpha value is -2.47. The normalized spacial score (nSPS) is 14.7. The van der Waals surface area contributed by atoms with E-state index in [1.807, 2.05) is 30.3 Å². The summed E-state index contributed by atoms with van der Waals surface area (Å²) >= 11 is 1.57. The van der Waals surface area contributed by atoms with Crippen LogP contribution in [0, 0.1) is 0 Å². The van der Waals surface area contributed by atoms with Gasteiger partial charge in [-0.2, -0.15) is 0 Å². The van der Waals surface area contributed by atoms with E-state index in [-0.39, 0.29) is 5.56 Å². The van der Waals surface area contributed by atoms with Crippen LogP contribution in [0.25, 0.3) is 21.6 Å². The number of carboxylic acids is 1. The van der Waals surface area contributed by atoms with Gasteiger partial charge in [-0.3, -0.25) is 9.36 Å². The lowest BCUT2D eigenvalue weighted by molar-refractivity contribution is -0.140. The van der Waals surface area contributed by atoms with E-state index in [1.165, 1.54) is 16.4 Å². The van der Waals surface area contributed by atoms with Gasteiger partial charge >= 0.3 is 5.97 Å². The molecule has 0 radical (unpaired) electrons. The molecule has 3 aromatic rings. The Balaban J connectivity index is 2.09. The molecule has 6 heteroatoms. The molecule has 1 unspecified atom stereocenters. The molecular weight excluding hydrogens is 324 g/mol. The maximum atomic E-state index is 13.2. The number of rotatable bonds is 3. The minimum atomic E-state index is -1.04. The second kappa shape index (κ2) is 5.56. The molecule has 1 aliphatic carbocycles. The number of thiophene rings is 1. The van der Waals surface area contributed by atoms with Crippen LogP contribution in [-0.2, 0) is 17.6 Å². The van der Waals surface area contributed by atoms with Crippen LogP contribution < -0.4 is 5.56 Å². The summed E-state index contributed by atoms with van der Waals surface area (Å²) < 4.78 is 1.32. The van der Waals surface area contributed by atoms with Gasteiger partial charge in [0, 0.05) is 10.4 Å². The summed E-state index contributed by atoms with van der Waals surface area (Å²) in [4.78, 5) is 31.3. The van der Waals surface area contributed by atoms with Crippen LogP contribution in [0.5, 0.6) is 0 Å². The minimum absolute atomic E-state index is 0.242. The first-order valence-corrected chi connectivity index (χ1v) is 8.74. The number of aryl methyl sites for hydroxylation is 2. The lowest BCUT2D eigenvalue weighted by Gasteiger charge is -2.16. The van der Waals surface area contributed by atoms with E-state index >= 15 is 0 Å². The fraction of sp³-hybridized carbons (Fsp3) is 0.278. The van der Waals surface area contributed by atoms with Gasteiger partial charge in [-0.15, -0.1) is 11.3 Å². The average Bonchev–Trinajstić information content (AvgIpc) is 3.15. The molecule has 0 fully saturated rings. The molecule has 0 saturated heterocycles. The van der Waals surface area contributed by atoms with Crippen molar-refractivity contribution < 1.29 is 9.90 Å². The zero-order valence-corrected chi connectivity index (χ0v) is 14.0. The zero-order valence-electron chi connectivity index (χ0n) is 13.2. The lowest BCUT2D eigenvalue weighted by Crippen LogP contribution is -2.30. The molecule has 0 aliphatic heterocycles. The number of carboxylic acid groups (broad SMARTS) is 1. The third kappa shape index (κ3) is 2.17. The Morgan fingerprint density at radius 1 is 1.29 bits per heavy atom. The number of carbonyl (C=O) groups is 1. The quantitative estimate of drug-likeness (QED) is 0.794. The van der Waals surface area contributed by atoms with Crippen LogP contribution in [0.3, 0.4) is 0 Å². The molecule has 2 aromatic heterocycles. The third-order valence-corrected chi connectivity index (χ3v) is 5.73. The molecular formula is C18H16N2O3S. The first kappa shape index (κ1) is 15.1. The highest BCUT2D eigenvalue weighted by molar-refractivity contribution is 7.18. The molecule has 4 rings (SSSR count). The summed E-state index contributed by atoms with van der Waals surface area (Å²) in [6, 6.07) is 8.32. The maximum absolute atomic E-state index is 13.2. The molecule has 1 aliphatic rings. The van der Waals surface area contributed by atoms with Crippen LogP contribution in [0.15, 0.2) is 35.1 Å². The maximum Gasteiger partial charge on any atom is 0.326 e. The van der Waals surface area contributed by atoms with Crippen LogP contribution >= 0.6 is 11.3 Å². The minimum Gasteiger partial charge on any atom is -0.480 e. The van der Waals surface area contributed by atoms with Crippen molar-refractivity contribution in [2.45, 2.75) is 32.2 Å². The SMILES string of the molecule is CC(C(=O)O)n1c(-c2ccccc2)nc2sc3c(c2c1=O)CCC3. The van der Waals surface area contributed by atoms with E-state index in [4.69, 9.17) is 4.98 Å². The molecule has 0 spiro atoms. The van der Waals surface area contributed by atoms with Gasteiger partial charge in [0.25, 0.3) is 5.56 Å². The van der Waals surface area contributed by atoms with Crippen molar-refractivity contribution in [3.63, 3.8) is 0 Å². The largest absolute Gasteiger partial charge is 0.480 e. The van der Waals surface area contributed by atoms with E-state index < -0.39 is 12.0 Å². The van der Waals surface area contributed by atoms with E-state index in [0.717, 1.165) is 35.2 Å². The highest BCUT2D eigenvalue weighted by atomic mass is 32.1. The number of aliphatic carboxylic acids is 1. The van der Waals surface area contributed by atoms with E-state index in [1.54, 1.807) is 11.3 Å². The summed E-state index contributed by atoms with van der Waals surface area (Å²) in [5.41, 5.74) is 1.57. The standard InChI is InChI=1S/C18H16N2O3S/c1-10(18(22)23)20-15(11-6-3-2-4-7-11)19-16-14(17(20)21)12-8-5-9-13(12)24-16/h2-4,6-7,10H,5,8-9H2,1H3,(H,22,23). The van der Waals surface area contributed by atoms with Crippen molar-refractivity contribution in [2.75, 3.05) is 0 Å². The van der Waals surface area contributed by atoms with Crippen molar-refractivity contribution in [1.29, 1.82) is 0 Å². The van der Waals surface area contributed by atoms with Gasteiger partial charge in [0.05, 0.1) is 5.39 Å². The molecule has 2 heterocycles. The molecule has 0 amide bonds. The first-order chi connectivity index (χ1) is 11.6. The molecule has 1 N–H and O–H groups in total. The molecule has 122 valence electrons. The van der Waals surface area contributed by atoms with Gasteiger partial charge in [0.2, 0.25) is 0 Å². The molecule has 5 nitrogen and oxygen atoms in total. The average molecular weight is 340 g/mol. The van der Waals surface area contributed by atoms with E-state index in [0.29, 0.717) is 11.2 Å². The zero-order chi connectivity index (χ0) is 16.8. The second-order valence-electron chi connectivity index (χ2n) is 6.03. The molecule has 0 saturated carbocycles. The Kier molecular flexibility index (Phi) is 3.49. The Morgan fingerprint density at radius 3 is 2.75 bits per heavy atom. The summed E-state index contributed by atoms with van der Waals surface area (Å²) in [5.74, 6) is -0.620. The van der Waals surface area contributed by atoms with Gasteiger partial charge in [0.15, 0.2) is 0 Å². The van der Waals surface area contributed by atoms with Gasteiger partial charge < -0.3 is 5.11 Å². The van der Waals surface area contributed by atoms with Crippen LogP contribution in [-0.4, -0.2) is 20.6 Å². The van der Waals surface area contributed by atoms with Crippen molar-refractivity contribution in [1.82, 2.24) is 9.55 Å². The van der Waals surface area contributed by atoms with Gasteiger partial charge in [-0.05, 0) is 31.7 Å². The van der Waals surface area contributed by atoms with Crippen molar-refractivity contribution >= 4 is 27.5 Å². The highest BCUT2D eigenvalue weighted by Crippen LogP contribution is 2.36. The Morgan fingerprint density at radius 2 is 2.04 bits per heavy atom. The van der Waals surface area contributed by atoms with Crippen LogP contribution in [0.4, 0.5) is 0 Å². The molecule has 24 heavy (non-hydrogen) atoms. The molecule has 1 atom stereocenters. The summed E-state index contributed by atoms with van der Waals surface area (Å²) in [7, 11) is 0. The number of benzene rings is 1. The fourth-order valence-electron chi connectivity index (χ4n) is 3.32. The number of hydrogen-bond donors (Lipinski definition) is 1. The first-order valence-electron chi connectivity index (χ1n) is 7.93. The lowest BCUT2D eigenvalue weighted by atomic mass is 10.1. The Labute approximate surface area is 142 Å². The van der Waals surface area contributed by atoms with Gasteiger partial charge in [-0.25, -0.2) is 9.78 Å². The highest BCUT2D eigenvalue weighted by Gasteiger charge is 2.27. The predicted molar refractivity (Wildman–Crippen MR) is 93.7 cm³/mol. The van der Waals surface area contributed by atoms with Gasteiger partial charge in [0.1, 0.15) is 16.7 Å². The monoisotopic (exact) mass is 340 g/mol. The number of fused-ring (bicyclic) bond motifs is 3. The van der Waals surface area contributed by atoms with Crippen LogP contribution in [0.2, 0.25) is 0 Å². The number of hydrogen-bond acceptors (Lipinski definition) is 4. The second-order valence-corrected chi connectivity index (χ2v) is 7.11. The number of nitrogens with zero attached hydrogens (tertiary/aromatic N) is 2. The summed E-state index contributed by atoms with van der Waals surface area (Å²) in [6.45, 7) is 1.52. The number of aromatic nitrogens is 2. The summed E-state index contributed by atoms with van der Waals surface area (Å²) in [5, 5.41) is 10.1. The summed E-state index contributed by atoms with van der Waals surface area (Å²) in [6.07, 6.45) is 2.90. The fourth-order valence-corrected chi connectivity index (χ4v) is 4.57. The topological polar surface area (TPSA) is 72.2 Å². The van der Waals surface area contributed by atoms with E-state index in [2.05, 4.69) is 0 Å². The molecule has 1 aromatic carbocycles. The van der Waals surface area contributed by atoms with Gasteiger partial charge in [-0.1, -0.05) is 30.3 Å². The van der Waals surface area contributed by atoms with Crippen molar-refractivity contribution in [3.8, 4) is 11.4 Å². The predicted octanol–water partition coefficient (Wildman–Crippen LogP) is 3.26. The molecule has 0 bridgehead atoms. The van der Waals surface area contributed by atoms with Crippen molar-refractivity contribution in [2.24, 2.45) is 0 Å². The van der Waals surface area contributed by atoms with Crippen molar-refractivity contribution in [3.05, 3.63) is 51.1 Å². The van der Waals surface area contributed by atoms with E-state index in [9.17, 15) is 14.7 Å². The Bertz CT molecular complexity index is 1000. The van der Waals surface area contributed by atoms with Crippen LogP contribution in [0.1, 0.15) is 29.8 Å².